The van der Waals surface area contributed by atoms with Gasteiger partial charge in [0.1, 0.15) is 6.54 Å². The number of aromatic amines is 1. The quantitative estimate of drug-likeness (QED) is 0.520. The molecular formula is C6H8N4O4. The fraction of sp³-hybridized carbons (Fsp3) is 0.333. The van der Waals surface area contributed by atoms with Crippen molar-refractivity contribution in [3.05, 3.63) is 31.5 Å². The summed E-state index contributed by atoms with van der Waals surface area (Å²) in [6, 6.07) is 0. The number of nitrogens with one attached hydrogen (secondary N) is 1. The fourth-order valence-electron chi connectivity index (χ4n) is 0.893. The maximum Gasteiger partial charge on any atom is 0.336 e. The van der Waals surface area contributed by atoms with Gasteiger partial charge in [-0.3, -0.25) is 9.78 Å². The van der Waals surface area contributed by atoms with E-state index in [4.69, 9.17) is 5.73 Å². The minimum Gasteiger partial charge on any atom is -0.368 e. The zero-order chi connectivity index (χ0) is 10.9. The third-order valence-corrected chi connectivity index (χ3v) is 1.60. The van der Waals surface area contributed by atoms with E-state index in [1.807, 2.05) is 4.98 Å². The molecule has 0 radical (unpaired) electrons. The van der Waals surface area contributed by atoms with E-state index in [1.54, 1.807) is 0 Å². The van der Waals surface area contributed by atoms with Crippen LogP contribution in [-0.4, -0.2) is 20.0 Å². The van der Waals surface area contributed by atoms with Gasteiger partial charge in [-0.25, -0.2) is 23.5 Å². The largest absolute Gasteiger partial charge is 0.368 e. The molecule has 0 fully saturated rings. The summed E-state index contributed by atoms with van der Waals surface area (Å²) in [4.78, 5) is 45.5. The third kappa shape index (κ3) is 1.63. The normalized spacial score (nSPS) is 10.1. The van der Waals surface area contributed by atoms with Crippen LogP contribution >= 0.6 is 0 Å². The minimum atomic E-state index is -0.947. The Labute approximate surface area is 76.6 Å². The molecule has 0 aliphatic heterocycles. The van der Waals surface area contributed by atoms with Crippen LogP contribution in [-0.2, 0) is 18.4 Å². The van der Waals surface area contributed by atoms with Gasteiger partial charge in [0.05, 0.1) is 0 Å². The van der Waals surface area contributed by atoms with E-state index in [0.717, 1.165) is 0 Å². The van der Waals surface area contributed by atoms with E-state index < -0.39 is 29.5 Å². The van der Waals surface area contributed by atoms with Crippen molar-refractivity contribution in [3.8, 4) is 0 Å². The van der Waals surface area contributed by atoms with Crippen molar-refractivity contribution in [3.63, 3.8) is 0 Å². The molecule has 76 valence electrons. The molecule has 3 N–H and O–H groups in total. The number of primary amides is 1. The molecule has 1 rings (SSSR count). The number of nitrogens with two attached hydrogens (primary N) is 1. The van der Waals surface area contributed by atoms with Crippen molar-refractivity contribution in [2.24, 2.45) is 12.8 Å². The van der Waals surface area contributed by atoms with Crippen molar-refractivity contribution in [1.29, 1.82) is 0 Å². The van der Waals surface area contributed by atoms with Gasteiger partial charge in [0.2, 0.25) is 5.91 Å². The monoisotopic (exact) mass is 200 g/mol. The molecular weight excluding hydrogens is 192 g/mol. The highest BCUT2D eigenvalue weighted by molar-refractivity contribution is 5.73. The number of rotatable bonds is 2. The fourth-order valence-corrected chi connectivity index (χ4v) is 0.893. The van der Waals surface area contributed by atoms with Gasteiger partial charge in [-0.1, -0.05) is 0 Å². The van der Waals surface area contributed by atoms with Gasteiger partial charge < -0.3 is 5.73 Å². The molecule has 0 bridgehead atoms. The summed E-state index contributed by atoms with van der Waals surface area (Å²) >= 11 is 0. The average Bonchev–Trinajstić information content (AvgIpc) is 2.09. The lowest BCUT2D eigenvalue weighted by Crippen LogP contribution is -2.49. The number of hydrogen-bond donors (Lipinski definition) is 2. The maximum atomic E-state index is 11.2. The molecule has 8 heteroatoms. The number of hydrogen-bond acceptors (Lipinski definition) is 4. The summed E-state index contributed by atoms with van der Waals surface area (Å²) in [6.45, 7) is -0.553. The molecule has 0 unspecified atom stereocenters. The first-order chi connectivity index (χ1) is 6.43. The Bertz CT molecular complexity index is 534. The molecule has 0 saturated heterocycles. The Morgan fingerprint density at radius 3 is 2.43 bits per heavy atom. The van der Waals surface area contributed by atoms with E-state index in [-0.39, 0.29) is 0 Å². The molecule has 1 heterocycles. The number of H-pyrrole nitrogens is 1. The molecule has 0 aliphatic carbocycles. The van der Waals surface area contributed by atoms with Gasteiger partial charge in [-0.15, -0.1) is 0 Å². The van der Waals surface area contributed by atoms with E-state index in [2.05, 4.69) is 0 Å². The summed E-state index contributed by atoms with van der Waals surface area (Å²) in [5.74, 6) is -0.837. The summed E-state index contributed by atoms with van der Waals surface area (Å²) in [5.41, 5.74) is 2.15. The SMILES string of the molecule is Cn1c(=O)[nH]c(=O)n(CC(N)=O)c1=O. The highest BCUT2D eigenvalue weighted by Crippen LogP contribution is 1.66. The number of nitrogens with zero attached hydrogens (tertiary/aromatic N) is 2. The average molecular weight is 200 g/mol. The summed E-state index contributed by atoms with van der Waals surface area (Å²) < 4.78 is 1.22. The van der Waals surface area contributed by atoms with Crippen molar-refractivity contribution in [1.82, 2.24) is 14.1 Å². The summed E-state index contributed by atoms with van der Waals surface area (Å²) in [7, 11) is 1.18. The smallest absolute Gasteiger partial charge is 0.336 e. The molecule has 0 atom stereocenters. The van der Waals surface area contributed by atoms with Crippen molar-refractivity contribution >= 4 is 5.91 Å². The Kier molecular flexibility index (Phi) is 2.36. The van der Waals surface area contributed by atoms with Crippen LogP contribution in [0.2, 0.25) is 0 Å². The van der Waals surface area contributed by atoms with Gasteiger partial charge in [-0.05, 0) is 0 Å². The first kappa shape index (κ1) is 9.96. The number of carbonyl (C=O) groups is 1. The molecule has 1 amide bonds. The zero-order valence-corrected chi connectivity index (χ0v) is 7.31. The topological polar surface area (TPSA) is 120 Å². The molecule has 1 aromatic rings. The number of carbonyl (C=O) groups excluding carboxylic acids is 1. The van der Waals surface area contributed by atoms with Crippen LogP contribution in [0.3, 0.4) is 0 Å². The van der Waals surface area contributed by atoms with Gasteiger partial charge in [-0.2, -0.15) is 0 Å². The van der Waals surface area contributed by atoms with Crippen LogP contribution in [0.1, 0.15) is 0 Å². The van der Waals surface area contributed by atoms with Crippen LogP contribution < -0.4 is 22.8 Å². The number of amides is 1. The second kappa shape index (κ2) is 3.32. The zero-order valence-electron chi connectivity index (χ0n) is 7.31. The third-order valence-electron chi connectivity index (χ3n) is 1.60. The first-order valence-corrected chi connectivity index (χ1v) is 3.62. The van der Waals surface area contributed by atoms with E-state index >= 15 is 0 Å². The second-order valence-electron chi connectivity index (χ2n) is 2.63. The lowest BCUT2D eigenvalue weighted by molar-refractivity contribution is -0.118. The first-order valence-electron chi connectivity index (χ1n) is 3.62. The predicted molar refractivity (Wildman–Crippen MR) is 45.8 cm³/mol. The Morgan fingerprint density at radius 1 is 1.36 bits per heavy atom. The Morgan fingerprint density at radius 2 is 1.93 bits per heavy atom. The lowest BCUT2D eigenvalue weighted by Gasteiger charge is -2.01. The summed E-state index contributed by atoms with van der Waals surface area (Å²) in [6.07, 6.45) is 0. The number of aromatic nitrogens is 3. The van der Waals surface area contributed by atoms with Crippen LogP contribution in [0.5, 0.6) is 0 Å². The second-order valence-corrected chi connectivity index (χ2v) is 2.63. The predicted octanol–water partition coefficient (Wildman–Crippen LogP) is -3.28. The minimum absolute atomic E-state index is 0.545. The Hall–Kier alpha value is -2.12. The Balaban J connectivity index is 3.53. The van der Waals surface area contributed by atoms with Gasteiger partial charge in [0.25, 0.3) is 0 Å². The van der Waals surface area contributed by atoms with Crippen molar-refractivity contribution < 1.29 is 4.79 Å². The molecule has 0 spiro atoms. The highest BCUT2D eigenvalue weighted by atomic mass is 16.2. The van der Waals surface area contributed by atoms with Crippen LogP contribution in [0.15, 0.2) is 14.4 Å². The van der Waals surface area contributed by atoms with Gasteiger partial charge in [0.15, 0.2) is 0 Å². The van der Waals surface area contributed by atoms with Gasteiger partial charge >= 0.3 is 17.1 Å². The van der Waals surface area contributed by atoms with Gasteiger partial charge in [0, 0.05) is 7.05 Å². The van der Waals surface area contributed by atoms with E-state index in [1.165, 1.54) is 7.05 Å². The lowest BCUT2D eigenvalue weighted by atomic mass is 10.6. The van der Waals surface area contributed by atoms with Crippen LogP contribution in [0.25, 0.3) is 0 Å². The van der Waals surface area contributed by atoms with E-state index in [9.17, 15) is 19.2 Å². The van der Waals surface area contributed by atoms with Crippen LogP contribution in [0.4, 0.5) is 0 Å². The highest BCUT2D eigenvalue weighted by Gasteiger charge is 2.08. The van der Waals surface area contributed by atoms with Crippen molar-refractivity contribution in [2.75, 3.05) is 0 Å². The molecule has 0 aliphatic rings. The van der Waals surface area contributed by atoms with Crippen LogP contribution in [0, 0.1) is 0 Å². The molecule has 0 aromatic carbocycles. The van der Waals surface area contributed by atoms with E-state index in [0.29, 0.717) is 9.13 Å². The standard InChI is InChI=1S/C6H8N4O4/c1-9-4(12)8-5(13)10(6(9)14)2-3(7)11/h2H2,1H3,(H2,7,11)(H,8,12,13). The maximum absolute atomic E-state index is 11.2. The molecule has 0 saturated carbocycles. The molecule has 1 aromatic heterocycles. The molecule has 8 nitrogen and oxygen atoms in total. The van der Waals surface area contributed by atoms with Crippen molar-refractivity contribution in [2.45, 2.75) is 6.54 Å². The summed E-state index contributed by atoms with van der Waals surface area (Å²) in [5, 5.41) is 0. The molecule has 14 heavy (non-hydrogen) atoms.